The quantitative estimate of drug-likeness (QED) is 0.299. The van der Waals surface area contributed by atoms with E-state index in [-0.39, 0.29) is 5.96 Å². The van der Waals surface area contributed by atoms with Crippen molar-refractivity contribution in [1.82, 2.24) is 10.3 Å². The molecule has 0 fully saturated rings. The van der Waals surface area contributed by atoms with E-state index >= 15 is 0 Å². The second-order valence-corrected chi connectivity index (χ2v) is 7.95. The number of pyridine rings is 1. The Kier molecular flexibility index (Phi) is 5.27. The summed E-state index contributed by atoms with van der Waals surface area (Å²) < 4.78 is 26.0. The Morgan fingerprint density at radius 3 is 2.54 bits per heavy atom. The molecule has 3 rings (SSSR count). The van der Waals surface area contributed by atoms with Crippen molar-refractivity contribution in [3.63, 3.8) is 0 Å². The number of amides is 1. The Hall–Kier alpha value is -3.46. The van der Waals surface area contributed by atoms with Gasteiger partial charge in [0.1, 0.15) is 0 Å². The summed E-state index contributed by atoms with van der Waals surface area (Å²) in [5.74, 6) is -0.243. The standard InChI is InChI=1S/C19H19N5O3S/c1-12-6-3-4-7-13(12)16-10-17(23-19(20)21-11-25)18-14(22-16)8-5-9-15(18)24-28(2,26)27/h3-11,24H,1-2H3,(H3,20,21,22,23,25). The molecule has 1 amide bonds. The molecule has 0 bridgehead atoms. The minimum atomic E-state index is -3.52. The van der Waals surface area contributed by atoms with Gasteiger partial charge < -0.3 is 5.32 Å². The molecular weight excluding hydrogens is 378 g/mol. The first-order chi connectivity index (χ1) is 13.3. The van der Waals surface area contributed by atoms with Gasteiger partial charge in [0.2, 0.25) is 16.4 Å². The number of hydrogen-bond donors (Lipinski definition) is 4. The highest BCUT2D eigenvalue weighted by Gasteiger charge is 2.15. The third-order valence-electron chi connectivity index (χ3n) is 4.01. The molecule has 0 atom stereocenters. The van der Waals surface area contributed by atoms with Crippen LogP contribution in [0, 0.1) is 12.3 Å². The third kappa shape index (κ3) is 4.26. The van der Waals surface area contributed by atoms with Crippen LogP contribution in [-0.4, -0.2) is 32.0 Å². The van der Waals surface area contributed by atoms with Crippen molar-refractivity contribution in [2.24, 2.45) is 0 Å². The molecule has 0 spiro atoms. The fourth-order valence-electron chi connectivity index (χ4n) is 2.90. The number of carbonyl (C=O) groups excluding carboxylic acids is 1. The summed E-state index contributed by atoms with van der Waals surface area (Å²) in [7, 11) is -3.52. The smallest absolute Gasteiger partial charge is 0.229 e. The lowest BCUT2D eigenvalue weighted by atomic mass is 10.0. The maximum Gasteiger partial charge on any atom is 0.229 e. The number of carbonyl (C=O) groups is 1. The minimum absolute atomic E-state index is 0.243. The average Bonchev–Trinajstić information content (AvgIpc) is 2.60. The molecule has 1 aromatic heterocycles. The molecule has 0 unspecified atom stereocenters. The highest BCUT2D eigenvalue weighted by atomic mass is 32.2. The Morgan fingerprint density at radius 1 is 1.11 bits per heavy atom. The predicted molar refractivity (Wildman–Crippen MR) is 111 cm³/mol. The molecule has 28 heavy (non-hydrogen) atoms. The van der Waals surface area contributed by atoms with Gasteiger partial charge in [0.25, 0.3) is 0 Å². The number of benzene rings is 2. The van der Waals surface area contributed by atoms with Crippen molar-refractivity contribution in [2.75, 3.05) is 16.3 Å². The van der Waals surface area contributed by atoms with Gasteiger partial charge in [0.15, 0.2) is 5.96 Å². The molecule has 0 saturated carbocycles. The molecule has 2 aromatic carbocycles. The molecule has 8 nitrogen and oxygen atoms in total. The van der Waals surface area contributed by atoms with E-state index in [1.165, 1.54) is 0 Å². The number of rotatable bonds is 5. The number of aryl methyl sites for hydroxylation is 1. The van der Waals surface area contributed by atoms with Crippen LogP contribution in [-0.2, 0) is 14.8 Å². The zero-order chi connectivity index (χ0) is 20.3. The van der Waals surface area contributed by atoms with Crippen LogP contribution in [0.15, 0.2) is 48.5 Å². The molecule has 0 aliphatic carbocycles. The molecule has 0 radical (unpaired) electrons. The largest absolute Gasteiger partial charge is 0.325 e. The van der Waals surface area contributed by atoms with Crippen LogP contribution < -0.4 is 15.4 Å². The molecule has 3 aromatic rings. The Balaban J connectivity index is 2.26. The number of aromatic nitrogens is 1. The average molecular weight is 397 g/mol. The lowest BCUT2D eigenvalue weighted by Crippen LogP contribution is -2.28. The third-order valence-corrected chi connectivity index (χ3v) is 4.60. The highest BCUT2D eigenvalue weighted by molar-refractivity contribution is 7.92. The first kappa shape index (κ1) is 19.3. The van der Waals surface area contributed by atoms with E-state index in [0.717, 1.165) is 17.4 Å². The molecule has 4 N–H and O–H groups in total. The van der Waals surface area contributed by atoms with Crippen LogP contribution >= 0.6 is 0 Å². The van der Waals surface area contributed by atoms with Crippen molar-refractivity contribution < 1.29 is 13.2 Å². The maximum absolute atomic E-state index is 11.8. The van der Waals surface area contributed by atoms with Crippen molar-refractivity contribution in [3.8, 4) is 11.3 Å². The van der Waals surface area contributed by atoms with Gasteiger partial charge in [-0.25, -0.2) is 13.4 Å². The van der Waals surface area contributed by atoms with Crippen molar-refractivity contribution in [3.05, 3.63) is 54.1 Å². The lowest BCUT2D eigenvalue weighted by Gasteiger charge is -2.16. The van der Waals surface area contributed by atoms with E-state index in [1.54, 1.807) is 24.3 Å². The number of nitrogens with zero attached hydrogens (tertiary/aromatic N) is 1. The summed E-state index contributed by atoms with van der Waals surface area (Å²) in [6.07, 6.45) is 1.45. The van der Waals surface area contributed by atoms with Crippen LogP contribution in [0.2, 0.25) is 0 Å². The van der Waals surface area contributed by atoms with E-state index in [2.05, 4.69) is 20.3 Å². The Labute approximate surface area is 162 Å². The van der Waals surface area contributed by atoms with Gasteiger partial charge in [-0.3, -0.25) is 20.2 Å². The normalized spacial score (nSPS) is 11.1. The van der Waals surface area contributed by atoms with E-state index in [4.69, 9.17) is 5.41 Å². The van der Waals surface area contributed by atoms with Gasteiger partial charge in [0, 0.05) is 10.9 Å². The predicted octanol–water partition coefficient (Wildman–Crippen LogP) is 2.67. The summed E-state index contributed by atoms with van der Waals surface area (Å²) in [5, 5.41) is 13.4. The van der Waals surface area contributed by atoms with Gasteiger partial charge in [-0.15, -0.1) is 0 Å². The van der Waals surface area contributed by atoms with Crippen LogP contribution in [0.5, 0.6) is 0 Å². The van der Waals surface area contributed by atoms with Gasteiger partial charge in [0.05, 0.1) is 28.8 Å². The first-order valence-electron chi connectivity index (χ1n) is 8.32. The molecule has 9 heteroatoms. The fourth-order valence-corrected chi connectivity index (χ4v) is 3.47. The lowest BCUT2D eigenvalue weighted by molar-refractivity contribution is -0.108. The summed E-state index contributed by atoms with van der Waals surface area (Å²) in [5.41, 5.74) is 3.88. The molecule has 0 aliphatic heterocycles. The van der Waals surface area contributed by atoms with Gasteiger partial charge in [-0.2, -0.15) is 0 Å². The van der Waals surface area contributed by atoms with Crippen LogP contribution in [0.1, 0.15) is 5.56 Å². The second-order valence-electron chi connectivity index (χ2n) is 6.21. The van der Waals surface area contributed by atoms with Crippen molar-refractivity contribution in [2.45, 2.75) is 6.92 Å². The van der Waals surface area contributed by atoms with Crippen LogP contribution in [0.4, 0.5) is 11.4 Å². The summed E-state index contributed by atoms with van der Waals surface area (Å²) in [6.45, 7) is 1.96. The number of anilines is 2. The number of fused-ring (bicyclic) bond motifs is 1. The van der Waals surface area contributed by atoms with Gasteiger partial charge >= 0.3 is 0 Å². The number of nitrogens with one attached hydrogen (secondary N) is 4. The first-order valence-corrected chi connectivity index (χ1v) is 10.2. The van der Waals surface area contributed by atoms with E-state index < -0.39 is 10.0 Å². The maximum atomic E-state index is 11.8. The van der Waals surface area contributed by atoms with Gasteiger partial charge in [-0.1, -0.05) is 30.3 Å². The van der Waals surface area contributed by atoms with E-state index in [9.17, 15) is 13.2 Å². The van der Waals surface area contributed by atoms with Crippen LogP contribution in [0.3, 0.4) is 0 Å². The summed E-state index contributed by atoms with van der Waals surface area (Å²) in [4.78, 5) is 15.3. The molecule has 144 valence electrons. The fraction of sp³-hybridized carbons (Fsp3) is 0.105. The topological polar surface area (TPSA) is 124 Å². The highest BCUT2D eigenvalue weighted by Crippen LogP contribution is 2.34. The zero-order valence-electron chi connectivity index (χ0n) is 15.3. The Bertz CT molecular complexity index is 1180. The molecule has 1 heterocycles. The molecular formula is C19H19N5O3S. The molecule has 0 saturated heterocycles. The van der Waals surface area contributed by atoms with E-state index in [0.29, 0.717) is 34.4 Å². The zero-order valence-corrected chi connectivity index (χ0v) is 16.1. The summed E-state index contributed by atoms with van der Waals surface area (Å²) in [6, 6.07) is 14.5. The number of sulfonamides is 1. The van der Waals surface area contributed by atoms with Crippen molar-refractivity contribution in [1.29, 1.82) is 5.41 Å². The summed E-state index contributed by atoms with van der Waals surface area (Å²) >= 11 is 0. The van der Waals surface area contributed by atoms with E-state index in [1.807, 2.05) is 31.2 Å². The van der Waals surface area contributed by atoms with Gasteiger partial charge in [-0.05, 0) is 30.7 Å². The Morgan fingerprint density at radius 2 is 1.86 bits per heavy atom. The monoisotopic (exact) mass is 397 g/mol. The minimum Gasteiger partial charge on any atom is -0.325 e. The number of hydrogen-bond acceptors (Lipinski definition) is 5. The van der Waals surface area contributed by atoms with Crippen LogP contribution in [0.25, 0.3) is 22.2 Å². The second kappa shape index (κ2) is 7.65. The molecule has 0 aliphatic rings. The number of guanidine groups is 1. The SMILES string of the molecule is Cc1ccccc1-c1cc(NC(=N)NC=O)c2c(NS(C)(=O)=O)cccc2n1. The van der Waals surface area contributed by atoms with Crippen molar-refractivity contribution >= 4 is 44.7 Å².